The summed E-state index contributed by atoms with van der Waals surface area (Å²) in [5.74, 6) is -0.0551. The quantitative estimate of drug-likeness (QED) is 0.731. The van der Waals surface area contributed by atoms with E-state index in [4.69, 9.17) is 0 Å². The summed E-state index contributed by atoms with van der Waals surface area (Å²) in [6.07, 6.45) is 2.58. The summed E-state index contributed by atoms with van der Waals surface area (Å²) in [5.41, 5.74) is 0.767. The third kappa shape index (κ3) is 5.55. The number of hydrogen-bond donors (Lipinski definition) is 2. The molecule has 11 heteroatoms. The molecule has 0 saturated heterocycles. The van der Waals surface area contributed by atoms with Crippen molar-refractivity contribution in [2.45, 2.75) is 18.0 Å². The number of rotatable bonds is 6. The fourth-order valence-corrected chi connectivity index (χ4v) is 2.54. The predicted molar refractivity (Wildman–Crippen MR) is 94.1 cm³/mol. The van der Waals surface area contributed by atoms with Crippen LogP contribution in [0.3, 0.4) is 0 Å². The Labute approximate surface area is 151 Å². The van der Waals surface area contributed by atoms with Crippen LogP contribution in [0.2, 0.25) is 0 Å². The maximum absolute atomic E-state index is 12.0. The zero-order valence-electron chi connectivity index (χ0n) is 14.6. The molecule has 3 amide bonds. The Morgan fingerprint density at radius 3 is 2.42 bits per heavy atom. The number of aromatic nitrogens is 3. The molecule has 0 unspecified atom stereocenters. The van der Waals surface area contributed by atoms with E-state index in [-0.39, 0.29) is 35.7 Å². The van der Waals surface area contributed by atoms with Gasteiger partial charge in [-0.3, -0.25) is 10.1 Å². The Kier molecular flexibility index (Phi) is 5.93. The van der Waals surface area contributed by atoms with Gasteiger partial charge < -0.3 is 10.2 Å². The molecule has 0 aliphatic carbocycles. The van der Waals surface area contributed by atoms with Gasteiger partial charge in [-0.05, 0) is 17.7 Å². The van der Waals surface area contributed by atoms with Crippen LogP contribution in [0, 0.1) is 0 Å². The molecular formula is C15H20N6O4S. The highest BCUT2D eigenvalue weighted by Crippen LogP contribution is 2.10. The molecule has 140 valence electrons. The van der Waals surface area contributed by atoms with Crippen LogP contribution >= 0.6 is 0 Å². The van der Waals surface area contributed by atoms with Crippen molar-refractivity contribution in [1.29, 1.82) is 0 Å². The molecule has 1 heterocycles. The number of urea groups is 1. The number of carbonyl (C=O) groups is 2. The van der Waals surface area contributed by atoms with Gasteiger partial charge in [0, 0.05) is 26.9 Å². The number of amides is 3. The molecular weight excluding hydrogens is 360 g/mol. The van der Waals surface area contributed by atoms with Gasteiger partial charge in [-0.15, -0.1) is 5.10 Å². The standard InChI is InChI=1S/C15H20N6O4S/c1-20(2)15(23)17-13-9-21(19-18-13)10-14(22)16-8-11-4-6-12(7-5-11)26(3,24)25/h4-7,9H,8,10H2,1-3H3,(H,16,22)(H,17,23). The molecule has 2 N–H and O–H groups in total. The van der Waals surface area contributed by atoms with Gasteiger partial charge >= 0.3 is 6.03 Å². The van der Waals surface area contributed by atoms with Crippen LogP contribution in [0.1, 0.15) is 5.56 Å². The number of sulfone groups is 1. The van der Waals surface area contributed by atoms with E-state index in [1.165, 1.54) is 27.9 Å². The molecule has 1 aromatic carbocycles. The van der Waals surface area contributed by atoms with Gasteiger partial charge in [0.25, 0.3) is 0 Å². The number of nitrogens with zero attached hydrogens (tertiary/aromatic N) is 4. The highest BCUT2D eigenvalue weighted by atomic mass is 32.2. The first-order valence-electron chi connectivity index (χ1n) is 7.59. The molecule has 1 aromatic heterocycles. The van der Waals surface area contributed by atoms with Crippen molar-refractivity contribution in [3.63, 3.8) is 0 Å². The molecule has 2 aromatic rings. The fourth-order valence-electron chi connectivity index (χ4n) is 1.91. The summed E-state index contributed by atoms with van der Waals surface area (Å²) in [4.78, 5) is 25.0. The van der Waals surface area contributed by atoms with Crippen LogP contribution in [0.4, 0.5) is 10.6 Å². The Balaban J connectivity index is 1.85. The van der Waals surface area contributed by atoms with Crippen LogP contribution in [-0.4, -0.2) is 60.6 Å². The van der Waals surface area contributed by atoms with Crippen LogP contribution in [-0.2, 0) is 27.7 Å². The average Bonchev–Trinajstić information content (AvgIpc) is 2.99. The lowest BCUT2D eigenvalue weighted by Crippen LogP contribution is -2.28. The van der Waals surface area contributed by atoms with Gasteiger partial charge in [-0.2, -0.15) is 0 Å². The minimum Gasteiger partial charge on any atom is -0.350 e. The summed E-state index contributed by atoms with van der Waals surface area (Å²) >= 11 is 0. The number of anilines is 1. The van der Waals surface area contributed by atoms with Gasteiger partial charge in [0.05, 0.1) is 11.1 Å². The Morgan fingerprint density at radius 1 is 1.19 bits per heavy atom. The number of hydrogen-bond acceptors (Lipinski definition) is 6. The first-order chi connectivity index (χ1) is 12.1. The third-order valence-electron chi connectivity index (χ3n) is 3.33. The summed E-state index contributed by atoms with van der Waals surface area (Å²) in [6.45, 7) is 0.189. The molecule has 0 saturated carbocycles. The zero-order valence-corrected chi connectivity index (χ0v) is 15.4. The van der Waals surface area contributed by atoms with Crippen molar-refractivity contribution in [3.8, 4) is 0 Å². The Morgan fingerprint density at radius 2 is 1.85 bits per heavy atom. The highest BCUT2D eigenvalue weighted by molar-refractivity contribution is 7.90. The maximum Gasteiger partial charge on any atom is 0.322 e. The van der Waals surface area contributed by atoms with Gasteiger partial charge in [-0.25, -0.2) is 17.9 Å². The van der Waals surface area contributed by atoms with E-state index in [0.29, 0.717) is 0 Å². The molecule has 0 spiro atoms. The summed E-state index contributed by atoms with van der Waals surface area (Å²) < 4.78 is 24.1. The van der Waals surface area contributed by atoms with E-state index in [1.54, 1.807) is 26.2 Å². The lowest BCUT2D eigenvalue weighted by molar-refractivity contribution is -0.122. The van der Waals surface area contributed by atoms with Crippen LogP contribution in [0.25, 0.3) is 0 Å². The van der Waals surface area contributed by atoms with Crippen molar-refractivity contribution in [1.82, 2.24) is 25.2 Å². The van der Waals surface area contributed by atoms with Crippen molar-refractivity contribution in [2.24, 2.45) is 0 Å². The van der Waals surface area contributed by atoms with Gasteiger partial charge in [-0.1, -0.05) is 17.3 Å². The number of carbonyl (C=O) groups excluding carboxylic acids is 2. The molecule has 0 aliphatic rings. The third-order valence-corrected chi connectivity index (χ3v) is 4.46. The highest BCUT2D eigenvalue weighted by Gasteiger charge is 2.10. The summed E-state index contributed by atoms with van der Waals surface area (Å²) in [5, 5.41) is 12.8. The van der Waals surface area contributed by atoms with Crippen LogP contribution < -0.4 is 10.6 Å². The maximum atomic E-state index is 12.0. The Bertz CT molecular complexity index is 889. The molecule has 0 aliphatic heterocycles. The SMILES string of the molecule is CN(C)C(=O)Nc1cn(CC(=O)NCc2ccc(S(C)(=O)=O)cc2)nn1. The lowest BCUT2D eigenvalue weighted by atomic mass is 10.2. The second kappa shape index (κ2) is 7.95. The zero-order chi connectivity index (χ0) is 19.3. The monoisotopic (exact) mass is 380 g/mol. The minimum atomic E-state index is -3.24. The Hall–Kier alpha value is -2.95. The first kappa shape index (κ1) is 19.4. The van der Waals surface area contributed by atoms with Crippen molar-refractivity contribution in [2.75, 3.05) is 25.7 Å². The van der Waals surface area contributed by atoms with Crippen molar-refractivity contribution in [3.05, 3.63) is 36.0 Å². The van der Waals surface area contributed by atoms with Gasteiger partial charge in [0.15, 0.2) is 15.7 Å². The minimum absolute atomic E-state index is 0.0632. The van der Waals surface area contributed by atoms with Crippen molar-refractivity contribution >= 4 is 27.6 Å². The second-order valence-corrected chi connectivity index (χ2v) is 7.83. The number of nitrogens with one attached hydrogen (secondary N) is 2. The van der Waals surface area contributed by atoms with E-state index >= 15 is 0 Å². The number of benzene rings is 1. The molecule has 0 fully saturated rings. The van der Waals surface area contributed by atoms with Gasteiger partial charge in [0.1, 0.15) is 6.54 Å². The smallest absolute Gasteiger partial charge is 0.322 e. The summed E-state index contributed by atoms with van der Waals surface area (Å²) in [6, 6.07) is 5.92. The van der Waals surface area contributed by atoms with E-state index < -0.39 is 9.84 Å². The lowest BCUT2D eigenvalue weighted by Gasteiger charge is -2.09. The van der Waals surface area contributed by atoms with Crippen LogP contribution in [0.5, 0.6) is 0 Å². The fraction of sp³-hybridized carbons (Fsp3) is 0.333. The van der Waals surface area contributed by atoms with E-state index in [2.05, 4.69) is 20.9 Å². The first-order valence-corrected chi connectivity index (χ1v) is 9.48. The van der Waals surface area contributed by atoms with E-state index in [0.717, 1.165) is 11.8 Å². The summed E-state index contributed by atoms with van der Waals surface area (Å²) in [7, 11) is -0.0564. The van der Waals surface area contributed by atoms with E-state index in [9.17, 15) is 18.0 Å². The normalized spacial score (nSPS) is 11.0. The molecule has 0 atom stereocenters. The molecule has 26 heavy (non-hydrogen) atoms. The van der Waals surface area contributed by atoms with Crippen LogP contribution in [0.15, 0.2) is 35.4 Å². The largest absolute Gasteiger partial charge is 0.350 e. The topological polar surface area (TPSA) is 126 Å². The molecule has 2 rings (SSSR count). The molecule has 0 radical (unpaired) electrons. The van der Waals surface area contributed by atoms with E-state index in [1.807, 2.05) is 0 Å². The predicted octanol–water partition coefficient (Wildman–Crippen LogP) is 0.0915. The van der Waals surface area contributed by atoms with Gasteiger partial charge in [0.2, 0.25) is 5.91 Å². The second-order valence-electron chi connectivity index (χ2n) is 5.82. The molecule has 10 nitrogen and oxygen atoms in total. The molecule has 0 bridgehead atoms. The van der Waals surface area contributed by atoms with Crippen molar-refractivity contribution < 1.29 is 18.0 Å². The average molecular weight is 380 g/mol.